The van der Waals surface area contributed by atoms with Gasteiger partial charge in [-0.15, -0.1) is 0 Å². The second kappa shape index (κ2) is 16.2. The molecule has 0 radical (unpaired) electrons. The first kappa shape index (κ1) is 44.0. The van der Waals surface area contributed by atoms with Crippen LogP contribution in [0.25, 0.3) is 11.1 Å². The lowest BCUT2D eigenvalue weighted by Gasteiger charge is -2.29. The fraction of sp³-hybridized carbons (Fsp3) is 0. The van der Waals surface area contributed by atoms with Crippen LogP contribution >= 0.6 is 0 Å². The number of ether oxygens (including phenoxy) is 8. The Bertz CT molecular complexity index is 3510. The van der Waals surface area contributed by atoms with E-state index >= 15 is 0 Å². The van der Waals surface area contributed by atoms with E-state index in [2.05, 4.69) is 0 Å². The van der Waals surface area contributed by atoms with E-state index in [-0.39, 0.29) is 40.2 Å². The third-order valence-electron chi connectivity index (χ3n) is 10.3. The van der Waals surface area contributed by atoms with E-state index < -0.39 is 149 Å². The topological polar surface area (TPSA) is 377 Å². The third-order valence-corrected chi connectivity index (χ3v) is 10.3. The summed E-state index contributed by atoms with van der Waals surface area (Å²) in [5.41, 5.74) is -1.12. The normalized spacial score (nSPS) is 11.8. The summed E-state index contributed by atoms with van der Waals surface area (Å²) in [6.45, 7) is 0. The summed E-state index contributed by atoms with van der Waals surface area (Å²) in [5.74, 6) is -17.5. The van der Waals surface area contributed by atoms with Gasteiger partial charge in [-0.25, -0.2) is 0 Å². The van der Waals surface area contributed by atoms with Crippen LogP contribution in [0.1, 0.15) is 0 Å². The van der Waals surface area contributed by atoms with Crippen molar-refractivity contribution >= 4 is 0 Å². The number of phenolic OH excluding ortho intramolecular Hbond substituents is 15. The Balaban J connectivity index is 0.984. The highest BCUT2D eigenvalue weighted by Crippen LogP contribution is 2.68. The summed E-state index contributed by atoms with van der Waals surface area (Å²) >= 11 is 0. The number of phenols is 15. The number of aromatic hydroxyl groups is 15. The lowest BCUT2D eigenvalue weighted by Crippen LogP contribution is -2.06. The molecule has 0 fully saturated rings. The molecule has 23 heteroatoms. The van der Waals surface area contributed by atoms with Crippen LogP contribution in [-0.4, -0.2) is 76.6 Å². The monoisotopic (exact) mass is 974 g/mol. The molecule has 8 aromatic rings. The molecule has 10 rings (SSSR count). The molecule has 2 aliphatic rings. The zero-order chi connectivity index (χ0) is 50.3. The molecule has 71 heavy (non-hydrogen) atoms. The lowest BCUT2D eigenvalue weighted by atomic mass is 9.98. The molecule has 8 aromatic carbocycles. The molecule has 23 nitrogen and oxygen atoms in total. The fourth-order valence-electron chi connectivity index (χ4n) is 7.44. The summed E-state index contributed by atoms with van der Waals surface area (Å²) in [6.07, 6.45) is 0. The molecule has 0 aliphatic carbocycles. The smallest absolute Gasteiger partial charge is 0.220 e. The molecule has 2 aliphatic heterocycles. The van der Waals surface area contributed by atoms with E-state index in [0.29, 0.717) is 0 Å². The standard InChI is InChI=1S/C48H30O23/c49-16-1-17(50)4-21(3-16)65-38-28(56)10-25(11-29(38)57)64-23-7-20(53)8-24(9-23)67-42-33(61)15-35(63)44-48(42)71-40-31(59)13-27(55)37(46(40)69-44)36-26(54)12-30(58)39-45(36)68-43-34(62)14-32(60)41(47(43)70-39)66-22-5-18(51)2-19(52)6-22/h1-15,49-63H. The van der Waals surface area contributed by atoms with Gasteiger partial charge in [-0.2, -0.15) is 0 Å². The first-order valence-corrected chi connectivity index (χ1v) is 20.0. The minimum Gasteiger partial charge on any atom is -0.508 e. The van der Waals surface area contributed by atoms with Gasteiger partial charge in [0.25, 0.3) is 0 Å². The minimum atomic E-state index is -0.851. The average Bonchev–Trinajstić information content (AvgIpc) is 3.27. The van der Waals surface area contributed by atoms with Crippen molar-refractivity contribution in [3.63, 3.8) is 0 Å². The SMILES string of the molecule is Oc1cc(O)cc(Oc2c(O)cc(Oc3cc(O)cc(Oc4c(O)cc(O)c5c4Oc4c(O)cc(O)c(-c6c(O)cc(O)c7c6Oc6c(O)cc(O)c(Oc8cc(O)cc(O)c8)c6O7)c4O5)c3)cc2O)c1. The Morgan fingerprint density at radius 1 is 0.211 bits per heavy atom. The predicted molar refractivity (Wildman–Crippen MR) is 236 cm³/mol. The number of fused-ring (bicyclic) bond motifs is 4. The van der Waals surface area contributed by atoms with Gasteiger partial charge in [0.2, 0.25) is 51.7 Å². The molecule has 0 amide bonds. The van der Waals surface area contributed by atoms with Gasteiger partial charge >= 0.3 is 0 Å². The summed E-state index contributed by atoms with van der Waals surface area (Å²) in [5, 5.41) is 160. The minimum absolute atomic E-state index is 0.141. The van der Waals surface area contributed by atoms with Gasteiger partial charge in [0.1, 0.15) is 69.0 Å². The Kier molecular flexibility index (Phi) is 10.0. The highest BCUT2D eigenvalue weighted by atomic mass is 16.6. The van der Waals surface area contributed by atoms with Crippen LogP contribution in [0.2, 0.25) is 0 Å². The Labute approximate surface area is 394 Å². The van der Waals surface area contributed by atoms with Gasteiger partial charge in [-0.05, 0) is 0 Å². The third kappa shape index (κ3) is 7.83. The molecule has 0 atom stereocenters. The molecule has 0 bridgehead atoms. The van der Waals surface area contributed by atoms with Gasteiger partial charge in [-0.1, -0.05) is 0 Å². The van der Waals surface area contributed by atoms with Crippen molar-refractivity contribution in [2.45, 2.75) is 0 Å². The van der Waals surface area contributed by atoms with Gasteiger partial charge in [-0.3, -0.25) is 0 Å². The first-order chi connectivity index (χ1) is 33.8. The second-order valence-corrected chi connectivity index (χ2v) is 15.3. The van der Waals surface area contributed by atoms with Crippen LogP contribution in [-0.2, 0) is 0 Å². The molecule has 15 N–H and O–H groups in total. The summed E-state index contributed by atoms with van der Waals surface area (Å²) in [6, 6.07) is 14.7. The Morgan fingerprint density at radius 3 is 0.873 bits per heavy atom. The summed E-state index contributed by atoms with van der Waals surface area (Å²) < 4.78 is 46.6. The van der Waals surface area contributed by atoms with Gasteiger partial charge in [0.05, 0.1) is 11.1 Å². The van der Waals surface area contributed by atoms with Gasteiger partial charge in [0, 0.05) is 91.0 Å². The second-order valence-electron chi connectivity index (χ2n) is 15.3. The zero-order valence-corrected chi connectivity index (χ0v) is 35.1. The van der Waals surface area contributed by atoms with Crippen molar-refractivity contribution < 1.29 is 114 Å². The fourth-order valence-corrected chi connectivity index (χ4v) is 7.44. The van der Waals surface area contributed by atoms with E-state index in [0.717, 1.165) is 84.9 Å². The van der Waals surface area contributed by atoms with Gasteiger partial charge in [0.15, 0.2) is 57.5 Å². The van der Waals surface area contributed by atoms with Crippen molar-refractivity contribution in [1.29, 1.82) is 0 Å². The number of benzene rings is 8. The van der Waals surface area contributed by atoms with Crippen LogP contribution in [0, 0.1) is 0 Å². The highest BCUT2D eigenvalue weighted by Gasteiger charge is 2.40. The molecule has 2 heterocycles. The maximum absolute atomic E-state index is 11.4. The Morgan fingerprint density at radius 2 is 0.479 bits per heavy atom. The van der Waals surface area contributed by atoms with Crippen molar-refractivity contribution in [3.8, 4) is 189 Å². The van der Waals surface area contributed by atoms with E-state index in [4.69, 9.17) is 37.9 Å². The number of rotatable bonds is 9. The molecule has 0 saturated heterocycles. The van der Waals surface area contributed by atoms with Crippen molar-refractivity contribution in [1.82, 2.24) is 0 Å². The molecular formula is C48H30O23. The molecule has 0 saturated carbocycles. The van der Waals surface area contributed by atoms with Crippen LogP contribution in [0.4, 0.5) is 0 Å². The highest BCUT2D eigenvalue weighted by molar-refractivity contribution is 5.93. The van der Waals surface area contributed by atoms with E-state index in [1.165, 1.54) is 6.07 Å². The maximum Gasteiger partial charge on any atom is 0.220 e. The van der Waals surface area contributed by atoms with Crippen LogP contribution in [0.3, 0.4) is 0 Å². The first-order valence-electron chi connectivity index (χ1n) is 20.0. The molecule has 0 aromatic heterocycles. The van der Waals surface area contributed by atoms with Crippen LogP contribution in [0.5, 0.6) is 178 Å². The van der Waals surface area contributed by atoms with E-state index in [1.807, 2.05) is 0 Å². The molecule has 0 unspecified atom stereocenters. The molecular weight excluding hydrogens is 945 g/mol. The lowest BCUT2D eigenvalue weighted by molar-refractivity contribution is 0.296. The number of hydrogen-bond acceptors (Lipinski definition) is 23. The molecule has 360 valence electrons. The number of hydrogen-bond donors (Lipinski definition) is 15. The Hall–Kier alpha value is -10.8. The van der Waals surface area contributed by atoms with Crippen molar-refractivity contribution in [2.75, 3.05) is 0 Å². The summed E-state index contributed by atoms with van der Waals surface area (Å²) in [7, 11) is 0. The van der Waals surface area contributed by atoms with Crippen LogP contribution in [0.15, 0.2) is 91.0 Å². The quantitative estimate of drug-likeness (QED) is 0.0639. The molecule has 0 spiro atoms. The van der Waals surface area contributed by atoms with Crippen molar-refractivity contribution in [2.24, 2.45) is 0 Å². The van der Waals surface area contributed by atoms with Crippen LogP contribution < -0.4 is 37.9 Å². The van der Waals surface area contributed by atoms with Crippen molar-refractivity contribution in [3.05, 3.63) is 91.0 Å². The van der Waals surface area contributed by atoms with E-state index in [9.17, 15) is 76.6 Å². The zero-order valence-electron chi connectivity index (χ0n) is 35.1. The average molecular weight is 975 g/mol. The maximum atomic E-state index is 11.4. The van der Waals surface area contributed by atoms with E-state index in [1.54, 1.807) is 0 Å². The van der Waals surface area contributed by atoms with Gasteiger partial charge < -0.3 is 114 Å². The largest absolute Gasteiger partial charge is 0.508 e. The predicted octanol–water partition coefficient (Wildman–Crippen LogP) is 9.90. The summed E-state index contributed by atoms with van der Waals surface area (Å²) in [4.78, 5) is 0.